The molecule has 0 N–H and O–H groups in total. The molecule has 0 saturated carbocycles. The van der Waals surface area contributed by atoms with Gasteiger partial charge in [0, 0.05) is 11.2 Å². The van der Waals surface area contributed by atoms with Gasteiger partial charge in [-0.1, -0.05) is 17.7 Å². The highest BCUT2D eigenvalue weighted by Crippen LogP contribution is 2.16. The summed E-state index contributed by atoms with van der Waals surface area (Å²) in [7, 11) is 0. The quantitative estimate of drug-likeness (QED) is 0.637. The summed E-state index contributed by atoms with van der Waals surface area (Å²) < 4.78 is 6.26. The van der Waals surface area contributed by atoms with Crippen molar-refractivity contribution < 1.29 is 14.3 Å². The zero-order chi connectivity index (χ0) is 13.8. The lowest BCUT2D eigenvalue weighted by atomic mass is 10.3. The number of carbonyl (C=O) groups excluding carboxylic acids is 2. The Hall–Kier alpha value is -2.14. The average Bonchev–Trinajstić information content (AvgIpc) is 2.83. The van der Waals surface area contributed by atoms with E-state index in [2.05, 4.69) is 5.10 Å². The molecule has 1 aromatic carbocycles. The lowest BCUT2D eigenvalue weighted by molar-refractivity contribution is 0.0517. The van der Waals surface area contributed by atoms with Crippen molar-refractivity contribution in [3.05, 3.63) is 46.7 Å². The van der Waals surface area contributed by atoms with Gasteiger partial charge in [0.05, 0.1) is 17.9 Å². The molecule has 19 heavy (non-hydrogen) atoms. The van der Waals surface area contributed by atoms with Crippen LogP contribution in [0.3, 0.4) is 0 Å². The number of nitrogens with zero attached hydrogens (tertiary/aromatic N) is 2. The van der Waals surface area contributed by atoms with E-state index in [1.54, 1.807) is 31.2 Å². The second kappa shape index (κ2) is 5.67. The molecule has 0 spiro atoms. The first kappa shape index (κ1) is 13.3. The van der Waals surface area contributed by atoms with Crippen LogP contribution in [0.2, 0.25) is 5.02 Å². The molecule has 2 rings (SSSR count). The predicted molar refractivity (Wildman–Crippen MR) is 69.9 cm³/mol. The third-order valence-electron chi connectivity index (χ3n) is 2.41. The molecule has 0 aliphatic heterocycles. The third kappa shape index (κ3) is 2.82. The molecule has 0 bridgehead atoms. The Morgan fingerprint density at radius 2 is 2.32 bits per heavy atom. The number of aldehydes is 1. The Kier molecular flexibility index (Phi) is 3.97. The van der Waals surface area contributed by atoms with E-state index >= 15 is 0 Å². The first-order valence-corrected chi connectivity index (χ1v) is 6.01. The highest BCUT2D eigenvalue weighted by molar-refractivity contribution is 6.30. The highest BCUT2D eigenvalue weighted by Gasteiger charge is 2.18. The minimum absolute atomic E-state index is 0.00294. The standard InChI is InChI=1S/C13H11ClN2O3/c1-2-19-13(18)12-9(8-17)7-16(15-12)11-5-3-4-10(14)6-11/h3-8H,2H2,1H3. The summed E-state index contributed by atoms with van der Waals surface area (Å²) in [6, 6.07) is 6.92. The number of benzene rings is 1. The van der Waals surface area contributed by atoms with Crippen LogP contribution in [0.25, 0.3) is 5.69 Å². The first-order chi connectivity index (χ1) is 9.15. The van der Waals surface area contributed by atoms with Crippen molar-refractivity contribution in [2.24, 2.45) is 0 Å². The molecule has 5 nitrogen and oxygen atoms in total. The lowest BCUT2D eigenvalue weighted by Crippen LogP contribution is -2.08. The van der Waals surface area contributed by atoms with Gasteiger partial charge in [0.2, 0.25) is 0 Å². The molecule has 0 unspecified atom stereocenters. The van der Waals surface area contributed by atoms with E-state index in [4.69, 9.17) is 16.3 Å². The topological polar surface area (TPSA) is 61.2 Å². The van der Waals surface area contributed by atoms with E-state index in [0.29, 0.717) is 17.0 Å². The molecule has 1 aromatic heterocycles. The maximum absolute atomic E-state index is 11.7. The fraction of sp³-hybridized carbons (Fsp3) is 0.154. The molecule has 2 aromatic rings. The monoisotopic (exact) mass is 278 g/mol. The maximum atomic E-state index is 11.7. The molecule has 6 heteroatoms. The van der Waals surface area contributed by atoms with Crippen molar-refractivity contribution in [3.63, 3.8) is 0 Å². The van der Waals surface area contributed by atoms with Crippen molar-refractivity contribution in [3.8, 4) is 5.69 Å². The van der Waals surface area contributed by atoms with Crippen molar-refractivity contribution in [2.45, 2.75) is 6.92 Å². The van der Waals surface area contributed by atoms with Crippen molar-refractivity contribution in [1.82, 2.24) is 9.78 Å². The second-order valence-corrected chi connectivity index (χ2v) is 4.13. The van der Waals surface area contributed by atoms with E-state index in [1.165, 1.54) is 10.9 Å². The van der Waals surface area contributed by atoms with Gasteiger partial charge in [0.1, 0.15) is 0 Å². The Bertz CT molecular complexity index is 622. The van der Waals surface area contributed by atoms with E-state index in [1.807, 2.05) is 0 Å². The van der Waals surface area contributed by atoms with Crippen LogP contribution in [0.5, 0.6) is 0 Å². The van der Waals surface area contributed by atoms with Gasteiger partial charge >= 0.3 is 5.97 Å². The predicted octanol–water partition coefficient (Wildman–Crippen LogP) is 2.51. The number of ether oxygens (including phenoxy) is 1. The number of rotatable bonds is 4. The fourth-order valence-electron chi connectivity index (χ4n) is 1.58. The van der Waals surface area contributed by atoms with Gasteiger partial charge in [0.25, 0.3) is 0 Å². The smallest absolute Gasteiger partial charge is 0.359 e. The van der Waals surface area contributed by atoms with Crippen molar-refractivity contribution >= 4 is 23.9 Å². The minimum Gasteiger partial charge on any atom is -0.461 e. The van der Waals surface area contributed by atoms with E-state index in [9.17, 15) is 9.59 Å². The summed E-state index contributed by atoms with van der Waals surface area (Å²) in [6.07, 6.45) is 2.03. The van der Waals surface area contributed by atoms with Crippen LogP contribution in [0.4, 0.5) is 0 Å². The number of aromatic nitrogens is 2. The average molecular weight is 279 g/mol. The summed E-state index contributed by atoms with van der Waals surface area (Å²) in [6.45, 7) is 1.91. The Balaban J connectivity index is 2.44. The van der Waals surface area contributed by atoms with Gasteiger partial charge in [-0.3, -0.25) is 4.79 Å². The van der Waals surface area contributed by atoms with Crippen LogP contribution in [0.1, 0.15) is 27.8 Å². The van der Waals surface area contributed by atoms with Crippen LogP contribution in [-0.2, 0) is 4.74 Å². The molecule has 1 heterocycles. The van der Waals surface area contributed by atoms with Gasteiger partial charge in [-0.05, 0) is 25.1 Å². The van der Waals surface area contributed by atoms with Crippen LogP contribution < -0.4 is 0 Å². The second-order valence-electron chi connectivity index (χ2n) is 3.70. The summed E-state index contributed by atoms with van der Waals surface area (Å²) in [5, 5.41) is 4.60. The van der Waals surface area contributed by atoms with E-state index in [0.717, 1.165) is 0 Å². The zero-order valence-corrected chi connectivity index (χ0v) is 10.9. The fourth-order valence-corrected chi connectivity index (χ4v) is 1.77. The van der Waals surface area contributed by atoms with Gasteiger partial charge in [0.15, 0.2) is 12.0 Å². The summed E-state index contributed by atoms with van der Waals surface area (Å²) in [4.78, 5) is 22.6. The summed E-state index contributed by atoms with van der Waals surface area (Å²) in [5.74, 6) is -0.620. The number of esters is 1. The van der Waals surface area contributed by atoms with Crippen LogP contribution >= 0.6 is 11.6 Å². The summed E-state index contributed by atoms with van der Waals surface area (Å²) in [5.41, 5.74) is 0.835. The van der Waals surface area contributed by atoms with Gasteiger partial charge < -0.3 is 4.74 Å². The zero-order valence-electron chi connectivity index (χ0n) is 10.2. The van der Waals surface area contributed by atoms with E-state index < -0.39 is 5.97 Å². The normalized spacial score (nSPS) is 10.2. The highest BCUT2D eigenvalue weighted by atomic mass is 35.5. The molecule has 0 aliphatic carbocycles. The minimum atomic E-state index is -0.620. The Morgan fingerprint density at radius 3 is 2.95 bits per heavy atom. The van der Waals surface area contributed by atoms with Crippen LogP contribution in [0, 0.1) is 0 Å². The first-order valence-electron chi connectivity index (χ1n) is 5.63. The van der Waals surface area contributed by atoms with Crippen LogP contribution in [0.15, 0.2) is 30.5 Å². The molecule has 98 valence electrons. The molecule has 0 radical (unpaired) electrons. The molecule has 0 amide bonds. The Labute approximate surface area is 114 Å². The largest absolute Gasteiger partial charge is 0.461 e. The molecular weight excluding hydrogens is 268 g/mol. The van der Waals surface area contributed by atoms with Gasteiger partial charge in [-0.2, -0.15) is 5.10 Å². The van der Waals surface area contributed by atoms with Gasteiger partial charge in [-0.15, -0.1) is 0 Å². The van der Waals surface area contributed by atoms with Gasteiger partial charge in [-0.25, -0.2) is 9.48 Å². The van der Waals surface area contributed by atoms with Crippen molar-refractivity contribution in [2.75, 3.05) is 6.61 Å². The number of hydrogen-bond acceptors (Lipinski definition) is 4. The SMILES string of the molecule is CCOC(=O)c1nn(-c2cccc(Cl)c2)cc1C=O. The number of hydrogen-bond donors (Lipinski definition) is 0. The number of halogens is 1. The maximum Gasteiger partial charge on any atom is 0.359 e. The van der Waals surface area contributed by atoms with Crippen LogP contribution in [-0.4, -0.2) is 28.6 Å². The van der Waals surface area contributed by atoms with Crippen molar-refractivity contribution in [1.29, 1.82) is 0 Å². The van der Waals surface area contributed by atoms with E-state index in [-0.39, 0.29) is 17.9 Å². The molecule has 0 atom stereocenters. The molecule has 0 aliphatic rings. The summed E-state index contributed by atoms with van der Waals surface area (Å²) >= 11 is 5.89. The lowest BCUT2D eigenvalue weighted by Gasteiger charge is -2.01. The number of carbonyl (C=O) groups is 2. The molecule has 0 saturated heterocycles. The Morgan fingerprint density at radius 1 is 1.53 bits per heavy atom. The molecular formula is C13H11ClN2O3. The third-order valence-corrected chi connectivity index (χ3v) is 2.65. The molecule has 0 fully saturated rings.